The summed E-state index contributed by atoms with van der Waals surface area (Å²) in [5, 5.41) is 6.53. The molecule has 2 aromatic rings. The maximum Gasteiger partial charge on any atom is 0.225 e. The number of pyridine rings is 1. The Morgan fingerprint density at radius 1 is 1.32 bits per heavy atom. The summed E-state index contributed by atoms with van der Waals surface area (Å²) >= 11 is 0. The summed E-state index contributed by atoms with van der Waals surface area (Å²) in [7, 11) is 0. The van der Waals surface area contributed by atoms with Crippen molar-refractivity contribution in [2.24, 2.45) is 0 Å². The predicted octanol–water partition coefficient (Wildman–Crippen LogP) is 2.56. The lowest BCUT2D eigenvalue weighted by Gasteiger charge is -2.13. The molecule has 6 nitrogen and oxygen atoms in total. The number of hydrogen-bond acceptors (Lipinski definition) is 6. The largest absolute Gasteiger partial charge is 0.376 e. The Kier molecular flexibility index (Phi) is 4.80. The minimum atomic E-state index is 0.277. The Balaban J connectivity index is 1.80. The van der Waals surface area contributed by atoms with Crippen LogP contribution in [0.4, 0.5) is 11.8 Å². The van der Waals surface area contributed by atoms with Gasteiger partial charge < -0.3 is 15.4 Å². The zero-order chi connectivity index (χ0) is 15.2. The van der Waals surface area contributed by atoms with Gasteiger partial charge in [0.1, 0.15) is 5.82 Å². The van der Waals surface area contributed by atoms with Gasteiger partial charge >= 0.3 is 0 Å². The van der Waals surface area contributed by atoms with E-state index in [4.69, 9.17) is 4.74 Å². The van der Waals surface area contributed by atoms with Gasteiger partial charge in [-0.2, -0.15) is 4.98 Å². The molecule has 0 unspecified atom stereocenters. The van der Waals surface area contributed by atoms with Crippen molar-refractivity contribution in [1.82, 2.24) is 15.0 Å². The van der Waals surface area contributed by atoms with E-state index in [1.165, 1.54) is 0 Å². The summed E-state index contributed by atoms with van der Waals surface area (Å²) in [5.41, 5.74) is 1.83. The smallest absolute Gasteiger partial charge is 0.225 e. The molecule has 22 heavy (non-hydrogen) atoms. The third-order valence-corrected chi connectivity index (χ3v) is 3.55. The molecular formula is C16H21N5O. The van der Waals surface area contributed by atoms with E-state index in [2.05, 4.69) is 25.6 Å². The Bertz CT molecular complexity index is 599. The van der Waals surface area contributed by atoms with E-state index in [0.29, 0.717) is 5.95 Å². The van der Waals surface area contributed by atoms with Crippen LogP contribution in [0.3, 0.4) is 0 Å². The van der Waals surface area contributed by atoms with E-state index in [9.17, 15) is 0 Å². The predicted molar refractivity (Wildman–Crippen MR) is 86.9 cm³/mol. The summed E-state index contributed by atoms with van der Waals surface area (Å²) in [5.74, 6) is 1.43. The fourth-order valence-electron chi connectivity index (χ4n) is 2.46. The summed E-state index contributed by atoms with van der Waals surface area (Å²) in [6.07, 6.45) is 6.08. The van der Waals surface area contributed by atoms with Crippen molar-refractivity contribution < 1.29 is 4.74 Å². The van der Waals surface area contributed by atoms with Gasteiger partial charge in [0.2, 0.25) is 5.95 Å². The fraction of sp³-hybridized carbons (Fsp3) is 0.438. The van der Waals surface area contributed by atoms with Crippen molar-refractivity contribution in [2.45, 2.75) is 25.9 Å². The number of anilines is 2. The first-order valence-corrected chi connectivity index (χ1v) is 7.74. The van der Waals surface area contributed by atoms with Crippen molar-refractivity contribution in [3.63, 3.8) is 0 Å². The number of nitrogens with one attached hydrogen (secondary N) is 2. The summed E-state index contributed by atoms with van der Waals surface area (Å²) in [4.78, 5) is 13.2. The molecular weight excluding hydrogens is 278 g/mol. The number of ether oxygens (including phenoxy) is 1. The zero-order valence-electron chi connectivity index (χ0n) is 12.7. The molecule has 1 aliphatic rings. The molecule has 0 spiro atoms. The van der Waals surface area contributed by atoms with Crippen LogP contribution in [-0.4, -0.2) is 40.8 Å². The van der Waals surface area contributed by atoms with Crippen molar-refractivity contribution in [2.75, 3.05) is 30.3 Å². The lowest BCUT2D eigenvalue weighted by Crippen LogP contribution is -2.19. The minimum Gasteiger partial charge on any atom is -0.376 e. The molecule has 6 heteroatoms. The van der Waals surface area contributed by atoms with Crippen LogP contribution in [0, 0.1) is 0 Å². The Hall–Kier alpha value is -2.21. The first-order valence-electron chi connectivity index (χ1n) is 7.74. The Morgan fingerprint density at radius 3 is 3.00 bits per heavy atom. The first kappa shape index (κ1) is 14.7. The molecule has 3 heterocycles. The van der Waals surface area contributed by atoms with Gasteiger partial charge in [-0.1, -0.05) is 0 Å². The van der Waals surface area contributed by atoms with Crippen LogP contribution < -0.4 is 10.6 Å². The third-order valence-electron chi connectivity index (χ3n) is 3.55. The van der Waals surface area contributed by atoms with Gasteiger partial charge in [-0.15, -0.1) is 0 Å². The fourth-order valence-corrected chi connectivity index (χ4v) is 2.46. The number of hydrogen-bond donors (Lipinski definition) is 2. The molecule has 1 aliphatic heterocycles. The quantitative estimate of drug-likeness (QED) is 0.854. The Morgan fingerprint density at radius 2 is 2.27 bits per heavy atom. The topological polar surface area (TPSA) is 72.0 Å². The van der Waals surface area contributed by atoms with Crippen LogP contribution in [-0.2, 0) is 4.74 Å². The average molecular weight is 299 g/mol. The lowest BCUT2D eigenvalue weighted by atomic mass is 10.2. The average Bonchev–Trinajstić information content (AvgIpc) is 3.07. The van der Waals surface area contributed by atoms with E-state index in [1.54, 1.807) is 6.20 Å². The molecule has 0 saturated carbocycles. The van der Waals surface area contributed by atoms with E-state index in [0.717, 1.165) is 49.6 Å². The number of rotatable bonds is 6. The Labute approximate surface area is 130 Å². The monoisotopic (exact) mass is 299 g/mol. The summed E-state index contributed by atoms with van der Waals surface area (Å²) in [6.45, 7) is 4.44. The second kappa shape index (κ2) is 7.17. The van der Waals surface area contributed by atoms with Crippen molar-refractivity contribution in [3.8, 4) is 11.3 Å². The van der Waals surface area contributed by atoms with Crippen molar-refractivity contribution >= 4 is 11.8 Å². The van der Waals surface area contributed by atoms with Crippen molar-refractivity contribution in [3.05, 3.63) is 30.6 Å². The standard InChI is InChI=1S/C16H21N5O/c1-2-18-16-20-14(12-5-3-7-17-10-12)9-15(21-16)19-11-13-6-4-8-22-13/h3,5,7,9-10,13H,2,4,6,8,11H2,1H3,(H2,18,19,20,21)/t13-/m0/s1. The molecule has 0 aromatic carbocycles. The van der Waals surface area contributed by atoms with Crippen LogP contribution in [0.5, 0.6) is 0 Å². The van der Waals surface area contributed by atoms with E-state index >= 15 is 0 Å². The molecule has 0 bridgehead atoms. The molecule has 0 radical (unpaired) electrons. The SMILES string of the molecule is CCNc1nc(NC[C@@H]2CCCO2)cc(-c2cccnc2)n1. The number of aromatic nitrogens is 3. The van der Waals surface area contributed by atoms with E-state index in [1.807, 2.05) is 31.3 Å². The van der Waals surface area contributed by atoms with E-state index < -0.39 is 0 Å². The molecule has 0 amide bonds. The van der Waals surface area contributed by atoms with Crippen LogP contribution in [0.1, 0.15) is 19.8 Å². The second-order valence-electron chi connectivity index (χ2n) is 5.25. The van der Waals surface area contributed by atoms with Crippen LogP contribution in [0.15, 0.2) is 30.6 Å². The van der Waals surface area contributed by atoms with Crippen LogP contribution in [0.25, 0.3) is 11.3 Å². The maximum atomic E-state index is 5.64. The first-order chi connectivity index (χ1) is 10.8. The van der Waals surface area contributed by atoms with Crippen molar-refractivity contribution in [1.29, 1.82) is 0 Å². The van der Waals surface area contributed by atoms with Crippen LogP contribution >= 0.6 is 0 Å². The maximum absolute atomic E-state index is 5.64. The highest BCUT2D eigenvalue weighted by molar-refractivity contribution is 5.63. The number of nitrogens with zero attached hydrogens (tertiary/aromatic N) is 3. The zero-order valence-corrected chi connectivity index (χ0v) is 12.7. The molecule has 3 rings (SSSR count). The summed E-state index contributed by atoms with van der Waals surface area (Å²) < 4.78 is 5.64. The molecule has 1 saturated heterocycles. The van der Waals surface area contributed by atoms with Gasteiger partial charge in [0.25, 0.3) is 0 Å². The summed E-state index contributed by atoms with van der Waals surface area (Å²) in [6, 6.07) is 5.85. The molecule has 2 aromatic heterocycles. The second-order valence-corrected chi connectivity index (χ2v) is 5.25. The van der Waals surface area contributed by atoms with E-state index in [-0.39, 0.29) is 6.10 Å². The molecule has 1 fully saturated rings. The van der Waals surface area contributed by atoms with Crippen LogP contribution in [0.2, 0.25) is 0 Å². The van der Waals surface area contributed by atoms with Gasteiger partial charge in [0.15, 0.2) is 0 Å². The van der Waals surface area contributed by atoms with Gasteiger partial charge in [0.05, 0.1) is 11.8 Å². The molecule has 116 valence electrons. The van der Waals surface area contributed by atoms with Gasteiger partial charge in [-0.3, -0.25) is 4.98 Å². The molecule has 2 N–H and O–H groups in total. The highest BCUT2D eigenvalue weighted by atomic mass is 16.5. The van der Waals surface area contributed by atoms with Gasteiger partial charge in [-0.05, 0) is 31.9 Å². The minimum absolute atomic E-state index is 0.277. The lowest BCUT2D eigenvalue weighted by molar-refractivity contribution is 0.120. The third kappa shape index (κ3) is 3.71. The molecule has 1 atom stereocenters. The highest BCUT2D eigenvalue weighted by Crippen LogP contribution is 2.21. The normalized spacial score (nSPS) is 17.4. The van der Waals surface area contributed by atoms with Gasteiger partial charge in [0, 0.05) is 43.7 Å². The molecule has 0 aliphatic carbocycles. The van der Waals surface area contributed by atoms with Gasteiger partial charge in [-0.25, -0.2) is 4.98 Å². The highest BCUT2D eigenvalue weighted by Gasteiger charge is 2.15.